The van der Waals surface area contributed by atoms with Gasteiger partial charge in [-0.05, 0) is 72.2 Å². The maximum Gasteiger partial charge on any atom is 0.412 e. The lowest BCUT2D eigenvalue weighted by atomic mass is 10.0. The minimum atomic E-state index is -0.810. The first-order valence-electron chi connectivity index (χ1n) is 21.5. The van der Waals surface area contributed by atoms with Gasteiger partial charge in [-0.25, -0.2) is 19.4 Å². The highest BCUT2D eigenvalue weighted by molar-refractivity contribution is 7.59. The van der Waals surface area contributed by atoms with Crippen LogP contribution >= 0.6 is 27.0 Å². The smallest absolute Gasteiger partial charge is 0.412 e. The Labute approximate surface area is 420 Å². The fraction of sp³-hybridized carbons (Fsp3) is 0.280. The van der Waals surface area contributed by atoms with Gasteiger partial charge in [-0.15, -0.1) is 0 Å². The van der Waals surface area contributed by atoms with Gasteiger partial charge in [-0.1, -0.05) is 116 Å². The minimum absolute atomic E-state index is 0. The van der Waals surface area contributed by atoms with Gasteiger partial charge in [0.1, 0.15) is 30.3 Å². The molecule has 0 saturated heterocycles. The molecule has 6 aromatic rings. The van der Waals surface area contributed by atoms with E-state index < -0.39 is 41.6 Å². The second kappa shape index (κ2) is 30.1. The van der Waals surface area contributed by atoms with Crippen LogP contribution in [0.15, 0.2) is 139 Å². The van der Waals surface area contributed by atoms with Gasteiger partial charge in [-0.3, -0.25) is 19.9 Å². The monoisotopic (exact) mass is 993 g/mol. The predicted molar refractivity (Wildman–Crippen MR) is 279 cm³/mol. The molecule has 0 bridgehead atoms. The maximum absolute atomic E-state index is 12.7. The molecule has 2 aromatic heterocycles. The molecule has 2 heterocycles. The molecule has 4 N–H and O–H groups in total. The number of aliphatic hydroxyl groups is 1. The lowest BCUT2D eigenvalue weighted by Crippen LogP contribution is -2.45. The number of azide groups is 1. The molecule has 6 rings (SSSR count). The predicted octanol–water partition coefficient (Wildman–Crippen LogP) is 10.2. The zero-order valence-electron chi connectivity index (χ0n) is 39.5. The molecule has 0 unspecified atom stereocenters. The number of hydrogen-bond donors (Lipinski definition) is 4. The molecule has 70 heavy (non-hydrogen) atoms. The van der Waals surface area contributed by atoms with Crippen molar-refractivity contribution in [2.75, 3.05) is 32.1 Å². The van der Waals surface area contributed by atoms with E-state index in [1.54, 1.807) is 75.6 Å². The zero-order chi connectivity index (χ0) is 49.5. The van der Waals surface area contributed by atoms with Gasteiger partial charge < -0.3 is 34.9 Å². The van der Waals surface area contributed by atoms with E-state index in [4.69, 9.17) is 30.3 Å². The van der Waals surface area contributed by atoms with Crippen LogP contribution in [0.5, 0.6) is 0 Å². The Kier molecular flexibility index (Phi) is 25.2. The number of nitrogens with zero attached hydrogens (tertiary/aromatic N) is 6. The van der Waals surface area contributed by atoms with E-state index in [2.05, 4.69) is 30.6 Å². The van der Waals surface area contributed by atoms with Crippen molar-refractivity contribution in [3.63, 3.8) is 0 Å². The van der Waals surface area contributed by atoms with Crippen molar-refractivity contribution in [1.82, 2.24) is 20.2 Å². The number of rotatable bonds is 15. The number of amides is 4. The topological polar surface area (TPSA) is 259 Å². The summed E-state index contributed by atoms with van der Waals surface area (Å²) in [5.74, 6) is -0.728. The average Bonchev–Trinajstić information content (AvgIpc) is 3.34. The van der Waals surface area contributed by atoms with Crippen LogP contribution in [-0.2, 0) is 20.8 Å². The van der Waals surface area contributed by atoms with Gasteiger partial charge in [0.05, 0.1) is 11.8 Å². The van der Waals surface area contributed by atoms with Crippen LogP contribution in [-0.4, -0.2) is 94.1 Å². The van der Waals surface area contributed by atoms with E-state index in [0.717, 1.165) is 33.5 Å². The standard InChI is InChI=1S/C27H30N4O5.C13H19NO3.C10H6N4O.2H2S/c1-27(2,3)36-26(34)31(4)21(15-22(28)24(32)18-10-6-5-7-11-18)17-35-25(33)30-23-14-19-12-8-9-13-20(19)16-29-23;1-2-11(9-15)8-14-13(16)17-10-12-6-4-3-5-7-12;11-14-13-10(15)9-5-7-3-1-2-4-8(7)6-12-9;;/h5-14,16,21,28H,15,17H2,1-4H3,(H,29,30,33);3-7,11,15H,2,8-10H2,1H3,(H,14,16);1-6H;2*1H2/t21-;11-;;;/m00.../s1. The number of Topliss-reactive ketones (excluding diaryl/α,β-unsaturated/α-hetero) is 1. The van der Waals surface area contributed by atoms with Crippen LogP contribution in [0.3, 0.4) is 0 Å². The molecule has 18 nitrogen and oxygen atoms in total. The summed E-state index contributed by atoms with van der Waals surface area (Å²) < 4.78 is 15.8. The number of ketones is 1. The summed E-state index contributed by atoms with van der Waals surface area (Å²) in [5, 5.41) is 29.1. The number of carbonyl (C=O) groups is 5. The summed E-state index contributed by atoms with van der Waals surface area (Å²) in [5.41, 5.74) is 8.63. The van der Waals surface area contributed by atoms with Crippen LogP contribution in [0.2, 0.25) is 0 Å². The Bertz CT molecular complexity index is 2700. The summed E-state index contributed by atoms with van der Waals surface area (Å²) in [6, 6.07) is 35.5. The number of aromatic nitrogens is 2. The molecule has 0 spiro atoms. The fourth-order valence-corrected chi connectivity index (χ4v) is 5.98. The lowest BCUT2D eigenvalue weighted by molar-refractivity contribution is 0.0157. The number of aliphatic hydroxyl groups excluding tert-OH is 1. The summed E-state index contributed by atoms with van der Waals surface area (Å²) in [6.45, 7) is 7.69. The molecule has 0 radical (unpaired) electrons. The Balaban J connectivity index is 0.000000409. The van der Waals surface area contributed by atoms with Crippen molar-refractivity contribution in [3.05, 3.63) is 161 Å². The van der Waals surface area contributed by atoms with E-state index in [1.165, 1.54) is 11.9 Å². The summed E-state index contributed by atoms with van der Waals surface area (Å²) >= 11 is 0. The highest BCUT2D eigenvalue weighted by Crippen LogP contribution is 2.18. The highest BCUT2D eigenvalue weighted by Gasteiger charge is 2.29. The molecule has 0 aliphatic rings. The first-order valence-corrected chi connectivity index (χ1v) is 21.5. The summed E-state index contributed by atoms with van der Waals surface area (Å²) in [4.78, 5) is 72.2. The largest absolute Gasteiger partial charge is 0.447 e. The van der Waals surface area contributed by atoms with Crippen molar-refractivity contribution in [1.29, 1.82) is 5.41 Å². The van der Waals surface area contributed by atoms with E-state index in [0.29, 0.717) is 17.9 Å². The van der Waals surface area contributed by atoms with Gasteiger partial charge in [-0.2, -0.15) is 27.0 Å². The fourth-order valence-electron chi connectivity index (χ4n) is 5.98. The first-order chi connectivity index (χ1) is 32.6. The number of hydrogen-bond acceptors (Lipinski definition) is 12. The summed E-state index contributed by atoms with van der Waals surface area (Å²) in [7, 11) is 1.48. The van der Waals surface area contributed by atoms with Crippen molar-refractivity contribution in [2.45, 2.75) is 58.8 Å². The quantitative estimate of drug-likeness (QED) is 0.0188. The molecule has 370 valence electrons. The Hall–Kier alpha value is -7.51. The number of likely N-dealkylation sites (N-methyl/N-ethyl adjacent to an activating group) is 1. The highest BCUT2D eigenvalue weighted by atomic mass is 32.1. The molecular weight excluding hydrogens is 935 g/mol. The second-order valence-electron chi connectivity index (χ2n) is 16.1. The first kappa shape index (κ1) is 58.6. The maximum atomic E-state index is 12.7. The molecular formula is C50H59N9O9S2. The van der Waals surface area contributed by atoms with Gasteiger partial charge in [0.25, 0.3) is 5.91 Å². The number of pyridine rings is 2. The van der Waals surface area contributed by atoms with Gasteiger partial charge in [0.2, 0.25) is 5.78 Å². The third-order valence-electron chi connectivity index (χ3n) is 9.82. The van der Waals surface area contributed by atoms with Crippen molar-refractivity contribution < 1.29 is 43.3 Å². The molecule has 0 aliphatic carbocycles. The average molecular weight is 994 g/mol. The number of fused-ring (bicyclic) bond motifs is 2. The van der Waals surface area contributed by atoms with Crippen LogP contribution in [0, 0.1) is 11.3 Å². The van der Waals surface area contributed by atoms with Crippen molar-refractivity contribution in [3.8, 4) is 0 Å². The lowest BCUT2D eigenvalue weighted by Gasteiger charge is -2.30. The second-order valence-corrected chi connectivity index (χ2v) is 16.1. The van der Waals surface area contributed by atoms with Gasteiger partial charge in [0, 0.05) is 60.3 Å². The van der Waals surface area contributed by atoms with Crippen LogP contribution in [0.4, 0.5) is 20.2 Å². The number of alkyl carbamates (subject to hydrolysis) is 1. The van der Waals surface area contributed by atoms with E-state index in [1.807, 2.05) is 85.8 Å². The van der Waals surface area contributed by atoms with Crippen molar-refractivity contribution >= 4 is 90.0 Å². The molecule has 0 saturated carbocycles. The molecule has 2 atom stereocenters. The number of carbonyl (C=O) groups excluding carboxylic acids is 5. The molecule has 0 aliphatic heterocycles. The molecule has 4 amide bonds. The third-order valence-corrected chi connectivity index (χ3v) is 9.82. The molecule has 20 heteroatoms. The van der Waals surface area contributed by atoms with Gasteiger partial charge >= 0.3 is 18.3 Å². The van der Waals surface area contributed by atoms with Crippen LogP contribution in [0.25, 0.3) is 32.0 Å². The minimum Gasteiger partial charge on any atom is -0.447 e. The van der Waals surface area contributed by atoms with Crippen molar-refractivity contribution in [2.24, 2.45) is 11.0 Å². The van der Waals surface area contributed by atoms with E-state index in [-0.39, 0.29) is 70.6 Å². The third kappa shape index (κ3) is 20.0. The Morgan fingerprint density at radius 3 is 1.93 bits per heavy atom. The van der Waals surface area contributed by atoms with Crippen LogP contribution in [0.1, 0.15) is 66.9 Å². The van der Waals surface area contributed by atoms with E-state index in [9.17, 15) is 24.0 Å². The van der Waals surface area contributed by atoms with E-state index >= 15 is 0 Å². The zero-order valence-corrected chi connectivity index (χ0v) is 41.5. The number of nitrogens with one attached hydrogen (secondary N) is 3. The Morgan fingerprint density at radius 1 is 0.800 bits per heavy atom. The molecule has 4 aromatic carbocycles. The van der Waals surface area contributed by atoms with Crippen LogP contribution < -0.4 is 10.6 Å². The number of benzene rings is 4. The van der Waals surface area contributed by atoms with Gasteiger partial charge in [0.15, 0.2) is 0 Å². The number of anilines is 1. The Morgan fingerprint density at radius 2 is 1.36 bits per heavy atom. The SMILES string of the molecule is CC[C@H](CO)CNC(=O)OCc1ccccc1.CN(C(=O)OC(C)(C)C)[C@H](COC(=O)Nc1cc2ccccc2cn1)CC(=N)C(=O)c1ccccc1.S.S.[N-]=[N+]=NC(=O)c1cc2ccccc2cn1. The normalized spacial score (nSPS) is 11.1. The summed E-state index contributed by atoms with van der Waals surface area (Å²) in [6.07, 6.45) is 2.03. The number of ether oxygens (including phenoxy) is 3. The molecule has 0 fully saturated rings.